The van der Waals surface area contributed by atoms with Crippen LogP contribution in [-0.4, -0.2) is 59.9 Å². The maximum absolute atomic E-state index is 13.5. The van der Waals surface area contributed by atoms with Crippen LogP contribution in [0.2, 0.25) is 0 Å². The molecule has 0 bridgehead atoms. The fraction of sp³-hybridized carbons (Fsp3) is 0.833. The van der Waals surface area contributed by atoms with Crippen LogP contribution in [0, 0.1) is 0 Å². The number of amides is 3. The number of ether oxygens (including phenoxy) is 3. The van der Waals surface area contributed by atoms with E-state index in [0.717, 1.165) is 4.90 Å². The molecule has 0 aromatic carbocycles. The van der Waals surface area contributed by atoms with Gasteiger partial charge < -0.3 is 14.2 Å². The minimum absolute atomic E-state index is 0.282. The molecule has 5 unspecified atom stereocenters. The Morgan fingerprint density at radius 1 is 1.30 bits per heavy atom. The van der Waals surface area contributed by atoms with Crippen LogP contribution in [0.1, 0.15) is 20.8 Å². The van der Waals surface area contributed by atoms with E-state index in [4.69, 9.17) is 14.2 Å². The smallest absolute Gasteiger partial charge is 0.326 e. The molecule has 3 saturated heterocycles. The molecular weight excluding hydrogens is 271 g/mol. The number of nitrogens with zero attached hydrogens (tertiary/aromatic N) is 1. The van der Waals surface area contributed by atoms with E-state index >= 15 is 0 Å². The number of urea groups is 1. The SMILES string of the molecule is CC1OC(N2CC(F)C(=O)NC2=O)C2OC(C)(C)OC12. The van der Waals surface area contributed by atoms with Gasteiger partial charge in [-0.3, -0.25) is 15.0 Å². The van der Waals surface area contributed by atoms with Crippen molar-refractivity contribution < 1.29 is 28.2 Å². The van der Waals surface area contributed by atoms with Crippen molar-refractivity contribution in [1.29, 1.82) is 0 Å². The van der Waals surface area contributed by atoms with Gasteiger partial charge in [-0.15, -0.1) is 0 Å². The van der Waals surface area contributed by atoms with Crippen molar-refractivity contribution in [2.45, 2.75) is 57.3 Å². The van der Waals surface area contributed by atoms with Gasteiger partial charge in [0.1, 0.15) is 12.2 Å². The molecule has 5 atom stereocenters. The first-order chi connectivity index (χ1) is 9.28. The molecule has 3 aliphatic heterocycles. The number of halogens is 1. The summed E-state index contributed by atoms with van der Waals surface area (Å²) in [4.78, 5) is 24.1. The van der Waals surface area contributed by atoms with E-state index in [2.05, 4.69) is 0 Å². The molecule has 0 radical (unpaired) electrons. The average Bonchev–Trinajstić information content (AvgIpc) is 2.80. The monoisotopic (exact) mass is 288 g/mol. The van der Waals surface area contributed by atoms with E-state index in [9.17, 15) is 14.0 Å². The van der Waals surface area contributed by atoms with Crippen LogP contribution < -0.4 is 5.32 Å². The first-order valence-electron chi connectivity index (χ1n) is 6.55. The lowest BCUT2D eigenvalue weighted by Crippen LogP contribution is -2.61. The molecule has 0 saturated carbocycles. The fourth-order valence-electron chi connectivity index (χ4n) is 2.84. The number of nitrogens with one attached hydrogen (secondary N) is 1. The Balaban J connectivity index is 1.80. The second kappa shape index (κ2) is 4.37. The molecule has 0 spiro atoms. The molecule has 20 heavy (non-hydrogen) atoms. The standard InChI is InChI=1S/C12H17FN2O5/c1-5-7-8(20-12(2,3)19-7)10(18-5)15-4-6(13)9(16)14-11(15)17/h5-8,10H,4H2,1-3H3,(H,14,16,17). The maximum Gasteiger partial charge on any atom is 0.326 e. The summed E-state index contributed by atoms with van der Waals surface area (Å²) in [7, 11) is 0. The van der Waals surface area contributed by atoms with Crippen molar-refractivity contribution in [2.75, 3.05) is 6.54 Å². The lowest BCUT2D eigenvalue weighted by atomic mass is 10.1. The Labute approximate surface area is 115 Å². The zero-order chi connectivity index (χ0) is 14.7. The van der Waals surface area contributed by atoms with Gasteiger partial charge in [0, 0.05) is 0 Å². The number of carbonyl (C=O) groups is 2. The summed E-state index contributed by atoms with van der Waals surface area (Å²) >= 11 is 0. The number of rotatable bonds is 1. The predicted molar refractivity (Wildman–Crippen MR) is 63.3 cm³/mol. The number of imide groups is 1. The molecule has 3 aliphatic rings. The molecule has 0 aliphatic carbocycles. The Morgan fingerprint density at radius 2 is 1.95 bits per heavy atom. The Morgan fingerprint density at radius 3 is 2.65 bits per heavy atom. The maximum atomic E-state index is 13.5. The normalized spacial score (nSPS) is 43.6. The summed E-state index contributed by atoms with van der Waals surface area (Å²) < 4.78 is 30.6. The zero-order valence-corrected chi connectivity index (χ0v) is 11.5. The molecule has 0 aromatic rings. The van der Waals surface area contributed by atoms with E-state index in [1.54, 1.807) is 13.8 Å². The summed E-state index contributed by atoms with van der Waals surface area (Å²) in [6, 6.07) is -0.671. The van der Waals surface area contributed by atoms with E-state index in [-0.39, 0.29) is 18.8 Å². The molecule has 1 N–H and O–H groups in total. The van der Waals surface area contributed by atoms with Crippen LogP contribution in [0.3, 0.4) is 0 Å². The first kappa shape index (κ1) is 13.7. The third kappa shape index (κ3) is 2.07. The molecule has 8 heteroatoms. The van der Waals surface area contributed by atoms with Gasteiger partial charge in [0.2, 0.25) is 0 Å². The fourth-order valence-corrected chi connectivity index (χ4v) is 2.84. The molecule has 3 amide bonds. The van der Waals surface area contributed by atoms with Crippen LogP contribution in [-0.2, 0) is 19.0 Å². The van der Waals surface area contributed by atoms with E-state index in [1.807, 2.05) is 12.2 Å². The third-order valence-electron chi connectivity index (χ3n) is 3.70. The highest BCUT2D eigenvalue weighted by molar-refractivity contribution is 5.99. The summed E-state index contributed by atoms with van der Waals surface area (Å²) in [6.07, 6.45) is -3.62. The number of alkyl halides is 1. The minimum atomic E-state index is -1.76. The molecule has 3 fully saturated rings. The van der Waals surface area contributed by atoms with Gasteiger partial charge in [0.25, 0.3) is 5.91 Å². The second-order valence-corrected chi connectivity index (χ2v) is 5.71. The molecular formula is C12H17FN2O5. The van der Waals surface area contributed by atoms with Crippen molar-refractivity contribution in [3.05, 3.63) is 0 Å². The summed E-state index contributed by atoms with van der Waals surface area (Å²) in [5.41, 5.74) is 0. The molecule has 0 aromatic heterocycles. The van der Waals surface area contributed by atoms with Crippen molar-refractivity contribution in [2.24, 2.45) is 0 Å². The summed E-state index contributed by atoms with van der Waals surface area (Å²) in [6.45, 7) is 5.01. The van der Waals surface area contributed by atoms with Gasteiger partial charge in [-0.05, 0) is 20.8 Å². The highest BCUT2D eigenvalue weighted by Gasteiger charge is 2.57. The van der Waals surface area contributed by atoms with E-state index < -0.39 is 36.2 Å². The molecule has 3 rings (SSSR count). The second-order valence-electron chi connectivity index (χ2n) is 5.71. The lowest BCUT2D eigenvalue weighted by Gasteiger charge is -2.35. The summed E-state index contributed by atoms with van der Waals surface area (Å²) in [5.74, 6) is -1.69. The van der Waals surface area contributed by atoms with Crippen molar-refractivity contribution in [3.8, 4) is 0 Å². The molecule has 7 nitrogen and oxygen atoms in total. The largest absolute Gasteiger partial charge is 0.350 e. The summed E-state index contributed by atoms with van der Waals surface area (Å²) in [5, 5.41) is 1.97. The topological polar surface area (TPSA) is 77.1 Å². The number of fused-ring (bicyclic) bond motifs is 1. The molecule has 3 heterocycles. The highest BCUT2D eigenvalue weighted by atomic mass is 19.1. The average molecular weight is 288 g/mol. The van der Waals surface area contributed by atoms with Gasteiger partial charge >= 0.3 is 6.03 Å². The quantitative estimate of drug-likeness (QED) is 0.743. The third-order valence-corrected chi connectivity index (χ3v) is 3.70. The number of carbonyl (C=O) groups excluding carboxylic acids is 2. The molecule has 112 valence electrons. The van der Waals surface area contributed by atoms with Crippen LogP contribution in [0.15, 0.2) is 0 Å². The minimum Gasteiger partial charge on any atom is -0.350 e. The van der Waals surface area contributed by atoms with Crippen molar-refractivity contribution in [1.82, 2.24) is 10.2 Å². The van der Waals surface area contributed by atoms with Crippen molar-refractivity contribution in [3.63, 3.8) is 0 Å². The number of hydrogen-bond donors (Lipinski definition) is 1. The van der Waals surface area contributed by atoms with Gasteiger partial charge in [0.15, 0.2) is 18.2 Å². The van der Waals surface area contributed by atoms with Crippen LogP contribution >= 0.6 is 0 Å². The van der Waals surface area contributed by atoms with Gasteiger partial charge in [-0.2, -0.15) is 0 Å². The van der Waals surface area contributed by atoms with Crippen LogP contribution in [0.4, 0.5) is 9.18 Å². The lowest BCUT2D eigenvalue weighted by molar-refractivity contribution is -0.200. The zero-order valence-electron chi connectivity index (χ0n) is 11.5. The van der Waals surface area contributed by atoms with Crippen LogP contribution in [0.25, 0.3) is 0 Å². The predicted octanol–water partition coefficient (Wildman–Crippen LogP) is 0.141. The van der Waals surface area contributed by atoms with E-state index in [1.165, 1.54) is 0 Å². The Kier molecular flexibility index (Phi) is 3.00. The Hall–Kier alpha value is -1.25. The number of hydrogen-bond acceptors (Lipinski definition) is 5. The first-order valence-corrected chi connectivity index (χ1v) is 6.55. The highest BCUT2D eigenvalue weighted by Crippen LogP contribution is 2.39. The van der Waals surface area contributed by atoms with Crippen LogP contribution in [0.5, 0.6) is 0 Å². The van der Waals surface area contributed by atoms with Gasteiger partial charge in [0.05, 0.1) is 12.6 Å². The van der Waals surface area contributed by atoms with E-state index in [0.29, 0.717) is 0 Å². The van der Waals surface area contributed by atoms with Crippen molar-refractivity contribution >= 4 is 11.9 Å². The van der Waals surface area contributed by atoms with Gasteiger partial charge in [-0.25, -0.2) is 9.18 Å². The van der Waals surface area contributed by atoms with Gasteiger partial charge in [-0.1, -0.05) is 0 Å². The Bertz CT molecular complexity index is 457.